The van der Waals surface area contributed by atoms with E-state index in [0.717, 1.165) is 23.1 Å². The van der Waals surface area contributed by atoms with Crippen LogP contribution in [-0.2, 0) is 0 Å². The lowest BCUT2D eigenvalue weighted by molar-refractivity contribution is 0.510. The first kappa shape index (κ1) is 13.1. The van der Waals surface area contributed by atoms with Gasteiger partial charge in [0.05, 0.1) is 5.52 Å². The predicted molar refractivity (Wildman–Crippen MR) is 77.1 cm³/mol. The van der Waals surface area contributed by atoms with Gasteiger partial charge in [-0.3, -0.25) is 0 Å². The van der Waals surface area contributed by atoms with Crippen LogP contribution in [0.25, 0.3) is 10.9 Å². The smallest absolute Gasteiger partial charge is 0.224 e. The molecule has 4 heteroatoms. The van der Waals surface area contributed by atoms with Crippen LogP contribution in [0.2, 0.25) is 5.28 Å². The molecule has 0 spiro atoms. The molecule has 1 aromatic carbocycles. The Kier molecular flexibility index (Phi) is 4.02. The van der Waals surface area contributed by atoms with Crippen molar-refractivity contribution in [3.63, 3.8) is 0 Å². The number of para-hydroxylation sites is 1. The molecule has 1 aromatic heterocycles. The van der Waals surface area contributed by atoms with Crippen LogP contribution in [0.1, 0.15) is 27.2 Å². The molecule has 3 nitrogen and oxygen atoms in total. The van der Waals surface area contributed by atoms with E-state index in [1.54, 1.807) is 0 Å². The fourth-order valence-corrected chi connectivity index (χ4v) is 2.25. The van der Waals surface area contributed by atoms with E-state index in [-0.39, 0.29) is 5.28 Å². The summed E-state index contributed by atoms with van der Waals surface area (Å²) in [7, 11) is 0. The zero-order valence-electron chi connectivity index (χ0n) is 10.9. The van der Waals surface area contributed by atoms with Gasteiger partial charge in [-0.05, 0) is 36.1 Å². The van der Waals surface area contributed by atoms with E-state index in [1.165, 1.54) is 0 Å². The van der Waals surface area contributed by atoms with Crippen molar-refractivity contribution in [2.75, 3.05) is 5.32 Å². The second-order valence-electron chi connectivity index (χ2n) is 4.76. The second-order valence-corrected chi connectivity index (χ2v) is 5.10. The number of hydrogen-bond acceptors (Lipinski definition) is 3. The van der Waals surface area contributed by atoms with Gasteiger partial charge in [0.1, 0.15) is 5.82 Å². The SMILES string of the molecule is CCC(Nc1nc(Cl)nc2ccccc12)C(C)C. The van der Waals surface area contributed by atoms with Crippen LogP contribution in [0.5, 0.6) is 0 Å². The summed E-state index contributed by atoms with van der Waals surface area (Å²) >= 11 is 5.97. The Morgan fingerprint density at radius 3 is 2.61 bits per heavy atom. The molecule has 2 aromatic rings. The van der Waals surface area contributed by atoms with E-state index in [0.29, 0.717) is 12.0 Å². The first-order valence-electron chi connectivity index (χ1n) is 6.30. The Bertz CT molecular complexity index is 540. The van der Waals surface area contributed by atoms with Gasteiger partial charge in [0.15, 0.2) is 0 Å². The summed E-state index contributed by atoms with van der Waals surface area (Å²) < 4.78 is 0. The number of hydrogen-bond donors (Lipinski definition) is 1. The average molecular weight is 264 g/mol. The quantitative estimate of drug-likeness (QED) is 0.843. The van der Waals surface area contributed by atoms with Gasteiger partial charge < -0.3 is 5.32 Å². The normalized spacial score (nSPS) is 12.9. The lowest BCUT2D eigenvalue weighted by Crippen LogP contribution is -2.25. The number of fused-ring (bicyclic) bond motifs is 1. The van der Waals surface area contributed by atoms with E-state index in [9.17, 15) is 0 Å². The number of aromatic nitrogens is 2. The molecule has 1 N–H and O–H groups in total. The van der Waals surface area contributed by atoms with Crippen molar-refractivity contribution in [2.24, 2.45) is 5.92 Å². The van der Waals surface area contributed by atoms with Gasteiger partial charge in [-0.1, -0.05) is 32.9 Å². The van der Waals surface area contributed by atoms with Crippen LogP contribution < -0.4 is 5.32 Å². The van der Waals surface area contributed by atoms with Gasteiger partial charge in [0.25, 0.3) is 0 Å². The van der Waals surface area contributed by atoms with Crippen LogP contribution in [0.15, 0.2) is 24.3 Å². The van der Waals surface area contributed by atoms with Crippen molar-refractivity contribution in [2.45, 2.75) is 33.2 Å². The van der Waals surface area contributed by atoms with Crippen LogP contribution in [-0.4, -0.2) is 16.0 Å². The summed E-state index contributed by atoms with van der Waals surface area (Å²) in [4.78, 5) is 8.54. The van der Waals surface area contributed by atoms with E-state index < -0.39 is 0 Å². The molecule has 1 unspecified atom stereocenters. The number of nitrogens with zero attached hydrogens (tertiary/aromatic N) is 2. The summed E-state index contributed by atoms with van der Waals surface area (Å²) in [5.41, 5.74) is 0.874. The minimum Gasteiger partial charge on any atom is -0.366 e. The van der Waals surface area contributed by atoms with Crippen molar-refractivity contribution < 1.29 is 0 Å². The van der Waals surface area contributed by atoms with Crippen LogP contribution in [0.3, 0.4) is 0 Å². The molecule has 0 aliphatic rings. The van der Waals surface area contributed by atoms with E-state index in [1.807, 2.05) is 24.3 Å². The van der Waals surface area contributed by atoms with E-state index in [4.69, 9.17) is 11.6 Å². The first-order chi connectivity index (χ1) is 8.61. The van der Waals surface area contributed by atoms with Crippen molar-refractivity contribution in [1.82, 2.24) is 9.97 Å². The van der Waals surface area contributed by atoms with E-state index in [2.05, 4.69) is 36.1 Å². The summed E-state index contributed by atoms with van der Waals surface area (Å²) in [6.45, 7) is 6.57. The lowest BCUT2D eigenvalue weighted by Gasteiger charge is -2.22. The number of nitrogens with one attached hydrogen (secondary N) is 1. The summed E-state index contributed by atoms with van der Waals surface area (Å²) in [6.07, 6.45) is 1.05. The molecule has 1 atom stereocenters. The van der Waals surface area contributed by atoms with Gasteiger partial charge in [-0.25, -0.2) is 9.97 Å². The van der Waals surface area contributed by atoms with Gasteiger partial charge in [0.2, 0.25) is 5.28 Å². The molecular formula is C14H18ClN3. The molecule has 18 heavy (non-hydrogen) atoms. The maximum absolute atomic E-state index is 5.97. The summed E-state index contributed by atoms with van der Waals surface area (Å²) in [5, 5.41) is 4.78. The van der Waals surface area contributed by atoms with Crippen molar-refractivity contribution in [3.05, 3.63) is 29.5 Å². The highest BCUT2D eigenvalue weighted by atomic mass is 35.5. The van der Waals surface area contributed by atoms with Gasteiger partial charge in [-0.15, -0.1) is 0 Å². The summed E-state index contributed by atoms with van der Waals surface area (Å²) in [5.74, 6) is 1.37. The number of anilines is 1. The number of rotatable bonds is 4. The fourth-order valence-electron chi connectivity index (χ4n) is 2.07. The van der Waals surface area contributed by atoms with Crippen LogP contribution >= 0.6 is 11.6 Å². The van der Waals surface area contributed by atoms with Crippen LogP contribution in [0.4, 0.5) is 5.82 Å². The third-order valence-electron chi connectivity index (χ3n) is 3.14. The molecule has 2 rings (SSSR count). The zero-order chi connectivity index (χ0) is 13.1. The highest BCUT2D eigenvalue weighted by Crippen LogP contribution is 2.24. The second kappa shape index (κ2) is 5.53. The molecule has 0 amide bonds. The highest BCUT2D eigenvalue weighted by molar-refractivity contribution is 6.28. The Hall–Kier alpha value is -1.35. The lowest BCUT2D eigenvalue weighted by atomic mass is 10.0. The minimum absolute atomic E-state index is 0.287. The van der Waals surface area contributed by atoms with Gasteiger partial charge in [-0.2, -0.15) is 0 Å². The van der Waals surface area contributed by atoms with Crippen molar-refractivity contribution >= 4 is 28.3 Å². The third kappa shape index (κ3) is 2.72. The van der Waals surface area contributed by atoms with Gasteiger partial charge >= 0.3 is 0 Å². The Morgan fingerprint density at radius 1 is 1.22 bits per heavy atom. The Morgan fingerprint density at radius 2 is 1.94 bits per heavy atom. The topological polar surface area (TPSA) is 37.8 Å². The standard InChI is InChI=1S/C14H18ClN3/c1-4-11(9(2)3)16-13-10-7-5-6-8-12(10)17-14(15)18-13/h5-9,11H,4H2,1-3H3,(H,16,17,18). The molecule has 0 saturated heterocycles. The van der Waals surface area contributed by atoms with Crippen molar-refractivity contribution in [1.29, 1.82) is 0 Å². The number of halogens is 1. The molecule has 0 fully saturated rings. The molecule has 0 bridgehead atoms. The van der Waals surface area contributed by atoms with Gasteiger partial charge in [0, 0.05) is 11.4 Å². The Labute approximate surface area is 113 Å². The molecular weight excluding hydrogens is 246 g/mol. The van der Waals surface area contributed by atoms with Crippen molar-refractivity contribution in [3.8, 4) is 0 Å². The molecule has 0 saturated carbocycles. The molecule has 0 aliphatic heterocycles. The monoisotopic (exact) mass is 263 g/mol. The Balaban J connectivity index is 2.43. The molecule has 0 radical (unpaired) electrons. The largest absolute Gasteiger partial charge is 0.366 e. The third-order valence-corrected chi connectivity index (χ3v) is 3.31. The minimum atomic E-state index is 0.287. The molecule has 0 aliphatic carbocycles. The van der Waals surface area contributed by atoms with E-state index >= 15 is 0 Å². The highest BCUT2D eigenvalue weighted by Gasteiger charge is 2.14. The average Bonchev–Trinajstić information content (AvgIpc) is 2.35. The maximum Gasteiger partial charge on any atom is 0.224 e. The molecule has 1 heterocycles. The number of benzene rings is 1. The zero-order valence-corrected chi connectivity index (χ0v) is 11.7. The maximum atomic E-state index is 5.97. The molecule has 96 valence electrons. The summed E-state index contributed by atoms with van der Waals surface area (Å²) in [6, 6.07) is 8.29. The predicted octanol–water partition coefficient (Wildman–Crippen LogP) is 4.13. The first-order valence-corrected chi connectivity index (χ1v) is 6.68. The van der Waals surface area contributed by atoms with Crippen LogP contribution in [0, 0.1) is 5.92 Å². The fraction of sp³-hybridized carbons (Fsp3) is 0.429.